The third-order valence-electron chi connectivity index (χ3n) is 5.91. The second-order valence-corrected chi connectivity index (χ2v) is 8.30. The van der Waals surface area contributed by atoms with Gasteiger partial charge < -0.3 is 10.1 Å². The largest absolute Gasteiger partial charge is 0.486 e. The fourth-order valence-corrected chi connectivity index (χ4v) is 3.88. The van der Waals surface area contributed by atoms with Crippen molar-refractivity contribution in [2.75, 3.05) is 5.32 Å². The zero-order chi connectivity index (χ0) is 23.0. The number of fused-ring (bicyclic) bond motifs is 1. The molecule has 1 amide bonds. The average Bonchev–Trinajstić information content (AvgIpc) is 2.74. The molecule has 1 atom stereocenters. The summed E-state index contributed by atoms with van der Waals surface area (Å²) in [4.78, 5) is 24.9. The van der Waals surface area contributed by atoms with E-state index < -0.39 is 28.7 Å². The minimum atomic E-state index is -0.919. The molecule has 0 aromatic heterocycles. The molecule has 1 aliphatic rings. The van der Waals surface area contributed by atoms with Crippen molar-refractivity contribution in [3.63, 3.8) is 0 Å². The fraction of sp³-hybridized carbons (Fsp3) is 0.231. The number of anilines is 1. The highest BCUT2D eigenvalue weighted by atomic mass is 19.1. The molecule has 0 radical (unpaired) electrons. The molecule has 1 unspecified atom stereocenters. The molecule has 0 saturated carbocycles. The SMILES string of the molecule is CCC1(C)CC(=O)c2cc(C)c(-c3ccc(NC(=O)c4c(F)cccc4F)cc3)cc2O1. The van der Waals surface area contributed by atoms with Crippen LogP contribution in [0.25, 0.3) is 11.1 Å². The highest BCUT2D eigenvalue weighted by molar-refractivity contribution is 6.05. The smallest absolute Gasteiger partial charge is 0.261 e. The molecule has 4 rings (SSSR count). The van der Waals surface area contributed by atoms with Crippen LogP contribution >= 0.6 is 0 Å². The van der Waals surface area contributed by atoms with Crippen molar-refractivity contribution in [1.82, 2.24) is 0 Å². The number of hydrogen-bond donors (Lipinski definition) is 1. The number of halogens is 2. The number of benzene rings is 3. The van der Waals surface area contributed by atoms with E-state index in [1.165, 1.54) is 6.07 Å². The van der Waals surface area contributed by atoms with Gasteiger partial charge in [-0.1, -0.05) is 25.1 Å². The lowest BCUT2D eigenvalue weighted by Gasteiger charge is -2.34. The number of ketones is 1. The fourth-order valence-electron chi connectivity index (χ4n) is 3.88. The molecule has 4 nitrogen and oxygen atoms in total. The topological polar surface area (TPSA) is 55.4 Å². The van der Waals surface area contributed by atoms with Gasteiger partial charge >= 0.3 is 0 Å². The van der Waals surface area contributed by atoms with E-state index in [1.807, 2.05) is 32.9 Å². The van der Waals surface area contributed by atoms with E-state index in [0.29, 0.717) is 23.4 Å². The summed E-state index contributed by atoms with van der Waals surface area (Å²) in [5.41, 5.74) is 2.53. The summed E-state index contributed by atoms with van der Waals surface area (Å²) in [6.45, 7) is 5.85. The number of hydrogen-bond acceptors (Lipinski definition) is 3. The van der Waals surface area contributed by atoms with Crippen molar-refractivity contribution in [2.24, 2.45) is 0 Å². The van der Waals surface area contributed by atoms with Crippen molar-refractivity contribution in [3.8, 4) is 16.9 Å². The lowest BCUT2D eigenvalue weighted by Crippen LogP contribution is -2.38. The Labute approximate surface area is 185 Å². The maximum absolute atomic E-state index is 13.8. The quantitative estimate of drug-likeness (QED) is 0.521. The van der Waals surface area contributed by atoms with Crippen LogP contribution in [0.3, 0.4) is 0 Å². The van der Waals surface area contributed by atoms with Gasteiger partial charge in [-0.05, 0) is 73.4 Å². The molecule has 1 N–H and O–H groups in total. The summed E-state index contributed by atoms with van der Waals surface area (Å²) in [7, 11) is 0. The highest BCUT2D eigenvalue weighted by Gasteiger charge is 2.35. The normalized spacial score (nSPS) is 17.5. The standard InChI is InChI=1S/C26H23F2NO3/c1-4-26(3)14-22(30)19-12-15(2)18(13-23(19)32-26)16-8-10-17(11-9-16)29-25(31)24-20(27)6-5-7-21(24)28/h5-13H,4,14H2,1-3H3,(H,29,31). The first-order chi connectivity index (χ1) is 15.2. The Morgan fingerprint density at radius 3 is 2.34 bits per heavy atom. The van der Waals surface area contributed by atoms with Crippen LogP contribution in [0.1, 0.15) is 53.0 Å². The van der Waals surface area contributed by atoms with Gasteiger partial charge in [0.15, 0.2) is 5.78 Å². The van der Waals surface area contributed by atoms with Crippen LogP contribution in [0, 0.1) is 18.6 Å². The molecular formula is C26H23F2NO3. The Kier molecular flexibility index (Phi) is 5.55. The molecule has 3 aromatic rings. The van der Waals surface area contributed by atoms with Crippen LogP contribution in [-0.2, 0) is 0 Å². The minimum absolute atomic E-state index is 0.0729. The number of ether oxygens (including phenoxy) is 1. The van der Waals surface area contributed by atoms with Crippen LogP contribution in [0.5, 0.6) is 5.75 Å². The number of carbonyl (C=O) groups excluding carboxylic acids is 2. The first-order valence-corrected chi connectivity index (χ1v) is 10.4. The van der Waals surface area contributed by atoms with E-state index in [0.717, 1.165) is 35.2 Å². The van der Waals surface area contributed by atoms with E-state index in [4.69, 9.17) is 4.74 Å². The van der Waals surface area contributed by atoms with Crippen molar-refractivity contribution in [1.29, 1.82) is 0 Å². The van der Waals surface area contributed by atoms with Gasteiger partial charge in [-0.25, -0.2) is 8.78 Å². The van der Waals surface area contributed by atoms with Crippen LogP contribution in [0.15, 0.2) is 54.6 Å². The molecule has 0 spiro atoms. The van der Waals surface area contributed by atoms with Gasteiger partial charge in [0.1, 0.15) is 28.5 Å². The second-order valence-electron chi connectivity index (χ2n) is 8.30. The summed E-state index contributed by atoms with van der Waals surface area (Å²) in [6, 6.07) is 13.9. The summed E-state index contributed by atoms with van der Waals surface area (Å²) in [5.74, 6) is -2.05. The first-order valence-electron chi connectivity index (χ1n) is 10.4. The molecule has 0 bridgehead atoms. The third kappa shape index (κ3) is 4.00. The molecule has 1 heterocycles. The number of amides is 1. The molecule has 0 saturated heterocycles. The Bertz CT molecular complexity index is 1200. The minimum Gasteiger partial charge on any atom is -0.486 e. The predicted octanol–water partition coefficient (Wildman–Crippen LogP) is 6.33. The molecule has 32 heavy (non-hydrogen) atoms. The van der Waals surface area contributed by atoms with Gasteiger partial charge in [-0.2, -0.15) is 0 Å². The van der Waals surface area contributed by atoms with Crippen molar-refractivity contribution in [3.05, 3.63) is 82.9 Å². The van der Waals surface area contributed by atoms with Gasteiger partial charge in [0, 0.05) is 5.69 Å². The molecule has 3 aromatic carbocycles. The maximum atomic E-state index is 13.8. The van der Waals surface area contributed by atoms with E-state index in [2.05, 4.69) is 5.32 Å². The number of Topliss-reactive ketones (excluding diaryl/α,β-unsaturated/α-hetero) is 1. The lowest BCUT2D eigenvalue weighted by molar-refractivity contribution is 0.0499. The summed E-state index contributed by atoms with van der Waals surface area (Å²) >= 11 is 0. The van der Waals surface area contributed by atoms with Gasteiger partial charge in [-0.15, -0.1) is 0 Å². The van der Waals surface area contributed by atoms with Crippen LogP contribution in [0.4, 0.5) is 14.5 Å². The van der Waals surface area contributed by atoms with Gasteiger partial charge in [0.05, 0.1) is 12.0 Å². The number of aryl methyl sites for hydroxylation is 1. The molecule has 0 aliphatic carbocycles. The van der Waals surface area contributed by atoms with Crippen LogP contribution in [-0.4, -0.2) is 17.3 Å². The lowest BCUT2D eigenvalue weighted by atomic mass is 9.87. The van der Waals surface area contributed by atoms with E-state index in [9.17, 15) is 18.4 Å². The van der Waals surface area contributed by atoms with E-state index >= 15 is 0 Å². The Morgan fingerprint density at radius 2 is 1.72 bits per heavy atom. The number of rotatable bonds is 4. The summed E-state index contributed by atoms with van der Waals surface area (Å²) in [5, 5.41) is 2.52. The van der Waals surface area contributed by atoms with Crippen LogP contribution < -0.4 is 10.1 Å². The number of carbonyl (C=O) groups is 2. The Balaban J connectivity index is 1.60. The molecule has 1 aliphatic heterocycles. The van der Waals surface area contributed by atoms with Gasteiger partial charge in [-0.3, -0.25) is 9.59 Å². The zero-order valence-corrected chi connectivity index (χ0v) is 18.1. The third-order valence-corrected chi connectivity index (χ3v) is 5.91. The van der Waals surface area contributed by atoms with Gasteiger partial charge in [0.25, 0.3) is 5.91 Å². The number of nitrogens with one attached hydrogen (secondary N) is 1. The second kappa shape index (κ2) is 8.19. The highest BCUT2D eigenvalue weighted by Crippen LogP contribution is 2.39. The first kappa shape index (κ1) is 21.7. The molecule has 6 heteroatoms. The predicted molar refractivity (Wildman–Crippen MR) is 119 cm³/mol. The van der Waals surface area contributed by atoms with Crippen LogP contribution in [0.2, 0.25) is 0 Å². The van der Waals surface area contributed by atoms with Crippen molar-refractivity contribution >= 4 is 17.4 Å². The summed E-state index contributed by atoms with van der Waals surface area (Å²) < 4.78 is 33.8. The zero-order valence-electron chi connectivity index (χ0n) is 18.1. The Hall–Kier alpha value is -3.54. The molecule has 164 valence electrons. The molecular weight excluding hydrogens is 412 g/mol. The average molecular weight is 435 g/mol. The van der Waals surface area contributed by atoms with E-state index in [1.54, 1.807) is 24.3 Å². The monoisotopic (exact) mass is 435 g/mol. The Morgan fingerprint density at radius 1 is 1.06 bits per heavy atom. The van der Waals surface area contributed by atoms with E-state index in [-0.39, 0.29) is 5.78 Å². The van der Waals surface area contributed by atoms with Crippen molar-refractivity contribution < 1.29 is 23.1 Å². The maximum Gasteiger partial charge on any atom is 0.261 e. The van der Waals surface area contributed by atoms with Crippen molar-refractivity contribution in [2.45, 2.75) is 39.2 Å². The van der Waals surface area contributed by atoms with Gasteiger partial charge in [0.2, 0.25) is 0 Å². The molecule has 0 fully saturated rings. The summed E-state index contributed by atoms with van der Waals surface area (Å²) in [6.07, 6.45) is 1.07.